The van der Waals surface area contributed by atoms with Gasteiger partial charge >= 0.3 is 5.97 Å². The van der Waals surface area contributed by atoms with E-state index in [-0.39, 0.29) is 16.7 Å². The monoisotopic (exact) mass is 254 g/mol. The van der Waals surface area contributed by atoms with E-state index in [4.69, 9.17) is 5.11 Å². The van der Waals surface area contributed by atoms with Gasteiger partial charge in [-0.25, -0.2) is 8.42 Å². The minimum absolute atomic E-state index is 0.116. The molecule has 0 radical (unpaired) electrons. The Balaban J connectivity index is 2.28. The lowest BCUT2D eigenvalue weighted by Gasteiger charge is -2.13. The van der Waals surface area contributed by atoms with Crippen LogP contribution in [0.2, 0.25) is 0 Å². The van der Waals surface area contributed by atoms with Gasteiger partial charge in [-0.1, -0.05) is 12.1 Å². The summed E-state index contributed by atoms with van der Waals surface area (Å²) in [6.07, 6.45) is 2.99. The van der Waals surface area contributed by atoms with E-state index in [9.17, 15) is 13.2 Å². The van der Waals surface area contributed by atoms with Gasteiger partial charge in [0.2, 0.25) is 0 Å². The zero-order valence-electron chi connectivity index (χ0n) is 9.51. The molecule has 4 nitrogen and oxygen atoms in total. The molecule has 0 aromatic heterocycles. The van der Waals surface area contributed by atoms with Gasteiger partial charge < -0.3 is 5.11 Å². The molecule has 0 spiro atoms. The maximum atomic E-state index is 11.3. The van der Waals surface area contributed by atoms with Gasteiger partial charge in [0.1, 0.15) is 0 Å². The fourth-order valence-electron chi connectivity index (χ4n) is 2.06. The van der Waals surface area contributed by atoms with Crippen LogP contribution in [0.15, 0.2) is 29.2 Å². The third-order valence-electron chi connectivity index (χ3n) is 3.24. The molecule has 1 aromatic rings. The Bertz CT molecular complexity index is 538. The fraction of sp³-hybridized carbons (Fsp3) is 0.417. The summed E-state index contributed by atoms with van der Waals surface area (Å²) in [5, 5.41) is 8.84. The second-order valence-corrected chi connectivity index (χ2v) is 6.66. The first-order valence-corrected chi connectivity index (χ1v) is 7.25. The predicted molar refractivity (Wildman–Crippen MR) is 62.7 cm³/mol. The number of carboxylic acid groups (broad SMARTS) is 1. The molecule has 5 heteroatoms. The number of aliphatic carboxylic acids is 1. The van der Waals surface area contributed by atoms with Gasteiger partial charge in [0, 0.05) is 11.7 Å². The highest BCUT2D eigenvalue weighted by molar-refractivity contribution is 7.90. The van der Waals surface area contributed by atoms with E-state index in [0.29, 0.717) is 0 Å². The quantitative estimate of drug-likeness (QED) is 0.885. The van der Waals surface area contributed by atoms with Crippen LogP contribution in [0.3, 0.4) is 0 Å². The van der Waals surface area contributed by atoms with Crippen LogP contribution in [0.4, 0.5) is 0 Å². The molecule has 92 valence electrons. The SMILES string of the molecule is CS(=O)(=O)c1ccc(C2(CC(=O)O)CC2)cc1. The minimum Gasteiger partial charge on any atom is -0.481 e. The molecular formula is C12H14O4S. The standard InChI is InChI=1S/C12H14O4S/c1-17(15,16)10-4-2-9(3-5-10)12(6-7-12)8-11(13)14/h2-5H,6-8H2,1H3,(H,13,14). The van der Waals surface area contributed by atoms with Crippen LogP contribution in [-0.4, -0.2) is 25.7 Å². The van der Waals surface area contributed by atoms with Crippen molar-refractivity contribution in [2.45, 2.75) is 29.6 Å². The lowest BCUT2D eigenvalue weighted by Crippen LogP contribution is -2.13. The van der Waals surface area contributed by atoms with Crippen molar-refractivity contribution in [3.05, 3.63) is 29.8 Å². The normalized spacial score (nSPS) is 17.7. The molecule has 17 heavy (non-hydrogen) atoms. The summed E-state index contributed by atoms with van der Waals surface area (Å²) in [4.78, 5) is 11.0. The van der Waals surface area contributed by atoms with E-state index in [1.807, 2.05) is 0 Å². The first-order valence-electron chi connectivity index (χ1n) is 5.36. The second-order valence-electron chi connectivity index (χ2n) is 4.65. The van der Waals surface area contributed by atoms with Crippen LogP contribution < -0.4 is 0 Å². The van der Waals surface area contributed by atoms with Crippen molar-refractivity contribution in [3.63, 3.8) is 0 Å². The first-order chi connectivity index (χ1) is 7.83. The van der Waals surface area contributed by atoms with Gasteiger partial charge in [-0.05, 0) is 30.5 Å². The first kappa shape index (κ1) is 12.1. The third kappa shape index (κ3) is 2.49. The van der Waals surface area contributed by atoms with Crippen LogP contribution in [0.1, 0.15) is 24.8 Å². The highest BCUT2D eigenvalue weighted by atomic mass is 32.2. The van der Waals surface area contributed by atoms with E-state index < -0.39 is 15.8 Å². The van der Waals surface area contributed by atoms with Crippen molar-refractivity contribution in [3.8, 4) is 0 Å². The van der Waals surface area contributed by atoms with Gasteiger partial charge in [0.15, 0.2) is 9.84 Å². The molecule has 1 aromatic carbocycles. The summed E-state index contributed by atoms with van der Waals surface area (Å²) >= 11 is 0. The summed E-state index contributed by atoms with van der Waals surface area (Å²) in [7, 11) is -3.18. The lowest BCUT2D eigenvalue weighted by molar-refractivity contribution is -0.137. The van der Waals surface area contributed by atoms with Crippen molar-refractivity contribution >= 4 is 15.8 Å². The summed E-state index contributed by atoms with van der Waals surface area (Å²) in [5.74, 6) is -0.810. The van der Waals surface area contributed by atoms with Crippen molar-refractivity contribution in [1.29, 1.82) is 0 Å². The van der Waals surface area contributed by atoms with Gasteiger partial charge in [-0.3, -0.25) is 4.79 Å². The molecule has 2 rings (SSSR count). The average Bonchev–Trinajstić information content (AvgIpc) is 2.97. The molecule has 1 N–H and O–H groups in total. The highest BCUT2D eigenvalue weighted by Crippen LogP contribution is 2.51. The summed E-state index contributed by atoms with van der Waals surface area (Å²) in [6.45, 7) is 0. The van der Waals surface area contributed by atoms with E-state index in [2.05, 4.69) is 0 Å². The van der Waals surface area contributed by atoms with Crippen molar-refractivity contribution in [2.24, 2.45) is 0 Å². The van der Waals surface area contributed by atoms with E-state index in [1.54, 1.807) is 24.3 Å². The molecule has 0 amide bonds. The maximum Gasteiger partial charge on any atom is 0.304 e. The Morgan fingerprint density at radius 2 is 1.82 bits per heavy atom. The fourth-order valence-corrected chi connectivity index (χ4v) is 2.69. The number of sulfone groups is 1. The van der Waals surface area contributed by atoms with Gasteiger partial charge in [-0.2, -0.15) is 0 Å². The van der Waals surface area contributed by atoms with Crippen LogP contribution in [-0.2, 0) is 20.0 Å². The number of hydrogen-bond acceptors (Lipinski definition) is 3. The Hall–Kier alpha value is -1.36. The zero-order chi connectivity index (χ0) is 12.7. The summed E-state index contributed by atoms with van der Waals surface area (Å²) in [5.41, 5.74) is 0.661. The zero-order valence-corrected chi connectivity index (χ0v) is 10.3. The third-order valence-corrected chi connectivity index (χ3v) is 4.37. The predicted octanol–water partition coefficient (Wildman–Crippen LogP) is 1.60. The molecule has 1 fully saturated rings. The highest BCUT2D eigenvalue weighted by Gasteiger charge is 2.45. The van der Waals surface area contributed by atoms with Crippen molar-refractivity contribution in [2.75, 3.05) is 6.26 Å². The van der Waals surface area contributed by atoms with Crippen LogP contribution in [0, 0.1) is 0 Å². The lowest BCUT2D eigenvalue weighted by atomic mass is 9.93. The second kappa shape index (κ2) is 3.84. The number of hydrogen-bond donors (Lipinski definition) is 1. The van der Waals surface area contributed by atoms with Gasteiger partial charge in [-0.15, -0.1) is 0 Å². The maximum absolute atomic E-state index is 11.3. The molecule has 0 unspecified atom stereocenters. The van der Waals surface area contributed by atoms with E-state index in [1.165, 1.54) is 0 Å². The molecule has 1 saturated carbocycles. The molecule has 0 aliphatic heterocycles. The molecular weight excluding hydrogens is 240 g/mol. The smallest absolute Gasteiger partial charge is 0.304 e. The Labute approximate surface area is 100 Å². The molecule has 1 aliphatic carbocycles. The average molecular weight is 254 g/mol. The van der Waals surface area contributed by atoms with Gasteiger partial charge in [0.05, 0.1) is 11.3 Å². The number of carbonyl (C=O) groups is 1. The van der Waals surface area contributed by atoms with Crippen molar-refractivity contribution < 1.29 is 18.3 Å². The van der Waals surface area contributed by atoms with E-state index in [0.717, 1.165) is 24.7 Å². The van der Waals surface area contributed by atoms with Crippen LogP contribution >= 0.6 is 0 Å². The van der Waals surface area contributed by atoms with E-state index >= 15 is 0 Å². The molecule has 0 bridgehead atoms. The van der Waals surface area contributed by atoms with Crippen LogP contribution in [0.5, 0.6) is 0 Å². The molecule has 0 atom stereocenters. The van der Waals surface area contributed by atoms with Crippen molar-refractivity contribution in [1.82, 2.24) is 0 Å². The molecule has 0 saturated heterocycles. The summed E-state index contributed by atoms with van der Waals surface area (Å²) in [6, 6.07) is 6.55. The molecule has 0 heterocycles. The Kier molecular flexibility index (Phi) is 2.73. The topological polar surface area (TPSA) is 71.4 Å². The number of benzene rings is 1. The van der Waals surface area contributed by atoms with Crippen LogP contribution in [0.25, 0.3) is 0 Å². The summed E-state index contributed by atoms with van der Waals surface area (Å²) < 4.78 is 22.6. The molecule has 1 aliphatic rings. The Morgan fingerprint density at radius 3 is 2.18 bits per heavy atom. The number of carboxylic acids is 1. The number of rotatable bonds is 4. The van der Waals surface area contributed by atoms with Gasteiger partial charge in [0.25, 0.3) is 0 Å². The minimum atomic E-state index is -3.18. The Morgan fingerprint density at radius 1 is 1.29 bits per heavy atom. The largest absolute Gasteiger partial charge is 0.481 e.